The molecule has 0 saturated carbocycles. The molecule has 0 bridgehead atoms. The van der Waals surface area contributed by atoms with Crippen LogP contribution in [0.3, 0.4) is 0 Å². The largest absolute Gasteiger partial charge is 0.378 e. The van der Waals surface area contributed by atoms with Crippen LogP contribution in [-0.4, -0.2) is 49.0 Å². The zero-order valence-electron chi connectivity index (χ0n) is 10.1. The maximum Gasteiger partial charge on any atom is 0.107 e. The van der Waals surface area contributed by atoms with Crippen LogP contribution in [0.5, 0.6) is 0 Å². The molecule has 0 amide bonds. The third kappa shape index (κ3) is 2.77. The van der Waals surface area contributed by atoms with Crippen molar-refractivity contribution < 1.29 is 9.47 Å². The maximum atomic E-state index is 6.19. The Morgan fingerprint density at radius 2 is 2.19 bits per heavy atom. The minimum absolute atomic E-state index is 0.131. The lowest BCUT2D eigenvalue weighted by Crippen LogP contribution is -2.60. The third-order valence-electron chi connectivity index (χ3n) is 3.07. The molecule has 16 heavy (non-hydrogen) atoms. The molecule has 1 spiro atoms. The molecule has 2 rings (SSSR count). The molecule has 0 N–H and O–H groups in total. The highest BCUT2D eigenvalue weighted by Crippen LogP contribution is 2.34. The predicted octanol–water partition coefficient (Wildman–Crippen LogP) is 2.01. The van der Waals surface area contributed by atoms with Gasteiger partial charge in [0.15, 0.2) is 0 Å². The average molecular weight is 246 g/mol. The Bertz CT molecular complexity index is 285. The quantitative estimate of drug-likeness (QED) is 0.743. The minimum atomic E-state index is -0.141. The highest BCUT2D eigenvalue weighted by molar-refractivity contribution is 6.29. The van der Waals surface area contributed by atoms with Gasteiger partial charge in [-0.05, 0) is 13.8 Å². The molecule has 0 aromatic rings. The predicted molar refractivity (Wildman–Crippen MR) is 64.8 cm³/mol. The van der Waals surface area contributed by atoms with Gasteiger partial charge in [0.05, 0.1) is 12.2 Å². The van der Waals surface area contributed by atoms with Crippen LogP contribution in [0.1, 0.15) is 20.3 Å². The molecule has 2 saturated heterocycles. The van der Waals surface area contributed by atoms with Crippen molar-refractivity contribution >= 4 is 11.6 Å². The smallest absolute Gasteiger partial charge is 0.107 e. The van der Waals surface area contributed by atoms with Crippen LogP contribution < -0.4 is 0 Å². The summed E-state index contributed by atoms with van der Waals surface area (Å²) in [7, 11) is 0. The molecule has 0 radical (unpaired) electrons. The Morgan fingerprint density at radius 3 is 2.75 bits per heavy atom. The molecule has 0 aliphatic carbocycles. The first-order chi connectivity index (χ1) is 7.41. The van der Waals surface area contributed by atoms with Gasteiger partial charge < -0.3 is 9.47 Å². The highest BCUT2D eigenvalue weighted by Gasteiger charge is 2.46. The zero-order chi connectivity index (χ0) is 11.8. The van der Waals surface area contributed by atoms with Crippen molar-refractivity contribution in [3.05, 3.63) is 11.6 Å². The van der Waals surface area contributed by atoms with Crippen molar-refractivity contribution in [3.8, 4) is 0 Å². The van der Waals surface area contributed by atoms with E-state index in [-0.39, 0.29) is 11.2 Å². The van der Waals surface area contributed by atoms with Gasteiger partial charge in [0, 0.05) is 37.7 Å². The lowest BCUT2D eigenvalue weighted by atomic mass is 9.95. The van der Waals surface area contributed by atoms with Gasteiger partial charge in [-0.25, -0.2) is 0 Å². The second kappa shape index (κ2) is 4.30. The Balaban J connectivity index is 2.09. The Kier molecular flexibility index (Phi) is 3.32. The van der Waals surface area contributed by atoms with Crippen molar-refractivity contribution in [2.24, 2.45) is 0 Å². The van der Waals surface area contributed by atoms with Gasteiger partial charge >= 0.3 is 0 Å². The first-order valence-corrected chi connectivity index (χ1v) is 6.12. The molecule has 92 valence electrons. The van der Waals surface area contributed by atoms with E-state index in [4.69, 9.17) is 21.1 Å². The summed E-state index contributed by atoms with van der Waals surface area (Å²) in [5.41, 5.74) is -0.271. The van der Waals surface area contributed by atoms with Crippen LogP contribution in [0.2, 0.25) is 0 Å². The summed E-state index contributed by atoms with van der Waals surface area (Å²) in [6.07, 6.45) is 0.974. The summed E-state index contributed by atoms with van der Waals surface area (Å²) in [6, 6.07) is 0. The molecule has 2 aliphatic heterocycles. The molecule has 2 aliphatic rings. The van der Waals surface area contributed by atoms with Crippen molar-refractivity contribution in [3.63, 3.8) is 0 Å². The lowest BCUT2D eigenvalue weighted by molar-refractivity contribution is -0.193. The number of halogens is 1. The van der Waals surface area contributed by atoms with Gasteiger partial charge in [-0.3, -0.25) is 4.90 Å². The van der Waals surface area contributed by atoms with Crippen LogP contribution in [0, 0.1) is 0 Å². The minimum Gasteiger partial charge on any atom is -0.378 e. The third-order valence-corrected chi connectivity index (χ3v) is 3.19. The maximum absolute atomic E-state index is 6.19. The van der Waals surface area contributed by atoms with Crippen LogP contribution in [0.15, 0.2) is 11.6 Å². The number of rotatable bonds is 2. The SMILES string of the molecule is C=C(Cl)CN1CC(C)(C)O[C@@]2(CCOC2)C1. The summed E-state index contributed by atoms with van der Waals surface area (Å²) in [6.45, 7) is 12.0. The van der Waals surface area contributed by atoms with Gasteiger partial charge in [-0.1, -0.05) is 18.2 Å². The monoisotopic (exact) mass is 245 g/mol. The average Bonchev–Trinajstić information content (AvgIpc) is 2.47. The molecular weight excluding hydrogens is 226 g/mol. The molecular formula is C12H20ClNO2. The fourth-order valence-corrected chi connectivity index (χ4v) is 2.97. The molecule has 0 unspecified atom stereocenters. The van der Waals surface area contributed by atoms with E-state index in [0.717, 1.165) is 32.7 Å². The van der Waals surface area contributed by atoms with E-state index in [1.54, 1.807) is 0 Å². The molecule has 3 nitrogen and oxygen atoms in total. The molecule has 1 atom stereocenters. The summed E-state index contributed by atoms with van der Waals surface area (Å²) < 4.78 is 11.7. The first-order valence-electron chi connectivity index (χ1n) is 5.74. The summed E-state index contributed by atoms with van der Waals surface area (Å²) >= 11 is 5.89. The summed E-state index contributed by atoms with van der Waals surface area (Å²) in [4.78, 5) is 2.31. The fraction of sp³-hybridized carbons (Fsp3) is 0.833. The Morgan fingerprint density at radius 1 is 1.44 bits per heavy atom. The number of morpholine rings is 1. The second-order valence-corrected chi connectivity index (χ2v) is 6.04. The van der Waals surface area contributed by atoms with Crippen molar-refractivity contribution in [1.82, 2.24) is 4.90 Å². The Hall–Kier alpha value is -0.0900. The van der Waals surface area contributed by atoms with E-state index in [2.05, 4.69) is 25.3 Å². The summed E-state index contributed by atoms with van der Waals surface area (Å²) in [5.74, 6) is 0. The van der Waals surface area contributed by atoms with Crippen molar-refractivity contribution in [2.75, 3.05) is 32.8 Å². The molecule has 0 aromatic heterocycles. The van der Waals surface area contributed by atoms with E-state index in [1.165, 1.54) is 0 Å². The summed E-state index contributed by atoms with van der Waals surface area (Å²) in [5, 5.41) is 0.687. The van der Waals surface area contributed by atoms with E-state index in [1.807, 2.05) is 0 Å². The number of nitrogens with zero attached hydrogens (tertiary/aromatic N) is 1. The van der Waals surface area contributed by atoms with E-state index in [0.29, 0.717) is 11.6 Å². The number of hydrogen-bond donors (Lipinski definition) is 0. The van der Waals surface area contributed by atoms with Gasteiger partial charge in [0.25, 0.3) is 0 Å². The molecule has 2 heterocycles. The van der Waals surface area contributed by atoms with Crippen molar-refractivity contribution in [2.45, 2.75) is 31.5 Å². The van der Waals surface area contributed by atoms with Gasteiger partial charge in [0.2, 0.25) is 0 Å². The standard InChI is InChI=1S/C12H20ClNO2/c1-10(13)6-14-7-11(2,3)16-12(8-14)4-5-15-9-12/h1,4-9H2,2-3H3/t12-/m0/s1. The van der Waals surface area contributed by atoms with Crippen LogP contribution in [0.25, 0.3) is 0 Å². The van der Waals surface area contributed by atoms with Crippen LogP contribution >= 0.6 is 11.6 Å². The van der Waals surface area contributed by atoms with Gasteiger partial charge in [0.1, 0.15) is 5.60 Å². The Labute approximate surface area is 102 Å². The lowest BCUT2D eigenvalue weighted by Gasteiger charge is -2.48. The first kappa shape index (κ1) is 12.4. The van der Waals surface area contributed by atoms with E-state index < -0.39 is 0 Å². The molecule has 0 aromatic carbocycles. The zero-order valence-corrected chi connectivity index (χ0v) is 10.8. The van der Waals surface area contributed by atoms with E-state index in [9.17, 15) is 0 Å². The molecule has 4 heteroatoms. The van der Waals surface area contributed by atoms with Gasteiger partial charge in [-0.2, -0.15) is 0 Å². The fourth-order valence-electron chi connectivity index (χ4n) is 2.80. The number of ether oxygens (including phenoxy) is 2. The van der Waals surface area contributed by atoms with Gasteiger partial charge in [-0.15, -0.1) is 0 Å². The van der Waals surface area contributed by atoms with Crippen LogP contribution in [-0.2, 0) is 9.47 Å². The second-order valence-electron chi connectivity index (χ2n) is 5.51. The highest BCUT2D eigenvalue weighted by atomic mass is 35.5. The van der Waals surface area contributed by atoms with Crippen molar-refractivity contribution in [1.29, 1.82) is 0 Å². The number of hydrogen-bond acceptors (Lipinski definition) is 3. The normalized spacial score (nSPS) is 34.4. The van der Waals surface area contributed by atoms with E-state index >= 15 is 0 Å². The topological polar surface area (TPSA) is 21.7 Å². The molecule has 2 fully saturated rings. The van der Waals surface area contributed by atoms with Crippen LogP contribution in [0.4, 0.5) is 0 Å².